The lowest BCUT2D eigenvalue weighted by Gasteiger charge is -2.08. The zero-order valence-corrected chi connectivity index (χ0v) is 11.9. The maximum absolute atomic E-state index is 12.1. The topological polar surface area (TPSA) is 72.5 Å². The van der Waals surface area contributed by atoms with E-state index in [0.29, 0.717) is 5.56 Å². The van der Waals surface area contributed by atoms with E-state index in [4.69, 9.17) is 4.74 Å². The molecule has 1 aliphatic heterocycles. The van der Waals surface area contributed by atoms with E-state index in [1.54, 1.807) is 30.3 Å². The van der Waals surface area contributed by atoms with Crippen molar-refractivity contribution in [2.45, 2.75) is 6.92 Å². The van der Waals surface area contributed by atoms with E-state index in [-0.39, 0.29) is 29.3 Å². The molecule has 2 amide bonds. The molecule has 3 rings (SSSR count). The molecule has 2 aromatic rings. The number of rotatable bonds is 4. The van der Waals surface area contributed by atoms with Crippen molar-refractivity contribution in [1.82, 2.24) is 5.32 Å². The van der Waals surface area contributed by atoms with Gasteiger partial charge in [-0.05, 0) is 19.1 Å². The molecule has 0 saturated carbocycles. The normalized spacial score (nSPS) is 12.8. The Balaban J connectivity index is 1.78. The molecule has 0 spiro atoms. The molecule has 0 saturated heterocycles. The highest BCUT2D eigenvalue weighted by Crippen LogP contribution is 2.26. The van der Waals surface area contributed by atoms with Gasteiger partial charge in [0.1, 0.15) is 5.75 Å². The fourth-order valence-electron chi connectivity index (χ4n) is 2.27. The Morgan fingerprint density at radius 3 is 2.50 bits per heavy atom. The molecule has 2 aromatic carbocycles. The summed E-state index contributed by atoms with van der Waals surface area (Å²) in [5.74, 6) is -0.905. The van der Waals surface area contributed by atoms with Gasteiger partial charge in [-0.25, -0.2) is 0 Å². The van der Waals surface area contributed by atoms with Crippen LogP contribution >= 0.6 is 0 Å². The highest BCUT2D eigenvalue weighted by Gasteiger charge is 2.30. The summed E-state index contributed by atoms with van der Waals surface area (Å²) in [7, 11) is 0. The smallest absolute Gasteiger partial charge is 0.262 e. The van der Waals surface area contributed by atoms with Crippen LogP contribution in [-0.2, 0) is 0 Å². The standard InChI is InChI=1S/C17H13NO4/c1-10-5-7-11(8-6-10)13(19)9-22-14-4-2-3-12-15(14)17(21)18-16(12)20/h2-8H,9H2,1H3,(H,18,20,21). The van der Waals surface area contributed by atoms with Crippen LogP contribution in [0.3, 0.4) is 0 Å². The largest absolute Gasteiger partial charge is 0.485 e. The van der Waals surface area contributed by atoms with Gasteiger partial charge < -0.3 is 4.74 Å². The quantitative estimate of drug-likeness (QED) is 0.693. The van der Waals surface area contributed by atoms with Crippen LogP contribution < -0.4 is 10.1 Å². The number of imide groups is 1. The Hall–Kier alpha value is -2.95. The number of nitrogens with one attached hydrogen (secondary N) is 1. The van der Waals surface area contributed by atoms with Gasteiger partial charge in [0.2, 0.25) is 0 Å². The van der Waals surface area contributed by atoms with Gasteiger partial charge in [-0.3, -0.25) is 19.7 Å². The fraction of sp³-hybridized carbons (Fsp3) is 0.118. The zero-order chi connectivity index (χ0) is 15.7. The molecule has 1 aliphatic rings. The summed E-state index contributed by atoms with van der Waals surface area (Å²) in [6.45, 7) is 1.74. The van der Waals surface area contributed by atoms with Gasteiger partial charge in [0.15, 0.2) is 12.4 Å². The molecule has 110 valence electrons. The minimum absolute atomic E-state index is 0.184. The maximum atomic E-state index is 12.1. The molecule has 0 bridgehead atoms. The van der Waals surface area contributed by atoms with Gasteiger partial charge in [0.25, 0.3) is 11.8 Å². The second-order valence-electron chi connectivity index (χ2n) is 5.04. The minimum Gasteiger partial charge on any atom is -0.485 e. The summed E-state index contributed by atoms with van der Waals surface area (Å²) in [6, 6.07) is 11.9. The molecular formula is C17H13NO4. The number of carbonyl (C=O) groups is 3. The number of benzene rings is 2. The predicted molar refractivity (Wildman–Crippen MR) is 79.2 cm³/mol. The van der Waals surface area contributed by atoms with Gasteiger partial charge in [-0.2, -0.15) is 0 Å². The third-order valence-electron chi connectivity index (χ3n) is 3.46. The molecule has 1 N–H and O–H groups in total. The van der Waals surface area contributed by atoms with E-state index in [2.05, 4.69) is 5.32 Å². The number of ketones is 1. The van der Waals surface area contributed by atoms with Crippen LogP contribution in [-0.4, -0.2) is 24.2 Å². The molecule has 5 nitrogen and oxygen atoms in total. The van der Waals surface area contributed by atoms with E-state index in [1.807, 2.05) is 19.1 Å². The Labute approximate surface area is 126 Å². The SMILES string of the molecule is Cc1ccc(C(=O)COc2cccc3c2C(=O)NC3=O)cc1. The van der Waals surface area contributed by atoms with Crippen molar-refractivity contribution in [1.29, 1.82) is 0 Å². The number of hydrogen-bond acceptors (Lipinski definition) is 4. The van der Waals surface area contributed by atoms with Gasteiger partial charge >= 0.3 is 0 Å². The number of carbonyl (C=O) groups excluding carboxylic acids is 3. The van der Waals surface area contributed by atoms with Crippen LogP contribution in [0.4, 0.5) is 0 Å². The highest BCUT2D eigenvalue weighted by atomic mass is 16.5. The Morgan fingerprint density at radius 2 is 1.77 bits per heavy atom. The summed E-state index contributed by atoms with van der Waals surface area (Å²) in [5, 5.41) is 2.21. The summed E-state index contributed by atoms with van der Waals surface area (Å²) < 4.78 is 5.45. The van der Waals surface area contributed by atoms with Crippen LogP contribution in [0.2, 0.25) is 0 Å². The predicted octanol–water partition coefficient (Wildman–Crippen LogP) is 2.14. The molecule has 0 fully saturated rings. The van der Waals surface area contributed by atoms with Crippen LogP contribution in [0, 0.1) is 6.92 Å². The Morgan fingerprint density at radius 1 is 1.05 bits per heavy atom. The third kappa shape index (κ3) is 2.48. The number of ether oxygens (including phenoxy) is 1. The lowest BCUT2D eigenvalue weighted by molar-refractivity contribution is 0.0869. The van der Waals surface area contributed by atoms with Gasteiger partial charge in [0.05, 0.1) is 11.1 Å². The van der Waals surface area contributed by atoms with Crippen LogP contribution in [0.1, 0.15) is 36.6 Å². The van der Waals surface area contributed by atoms with E-state index >= 15 is 0 Å². The average molecular weight is 295 g/mol. The first-order chi connectivity index (χ1) is 10.6. The van der Waals surface area contributed by atoms with Crippen molar-refractivity contribution in [3.05, 3.63) is 64.7 Å². The second-order valence-corrected chi connectivity index (χ2v) is 5.04. The molecule has 0 aliphatic carbocycles. The first kappa shape index (κ1) is 14.0. The first-order valence-corrected chi connectivity index (χ1v) is 6.77. The maximum Gasteiger partial charge on any atom is 0.262 e. The monoisotopic (exact) mass is 295 g/mol. The lowest BCUT2D eigenvalue weighted by atomic mass is 10.1. The number of Topliss-reactive ketones (excluding diaryl/α,β-unsaturated/α-hetero) is 1. The summed E-state index contributed by atoms with van der Waals surface area (Å²) in [4.78, 5) is 35.4. The minimum atomic E-state index is -0.501. The summed E-state index contributed by atoms with van der Waals surface area (Å²) in [6.07, 6.45) is 0. The molecule has 22 heavy (non-hydrogen) atoms. The molecule has 0 radical (unpaired) electrons. The van der Waals surface area contributed by atoms with Gasteiger partial charge in [0, 0.05) is 5.56 Å². The zero-order valence-electron chi connectivity index (χ0n) is 11.9. The van der Waals surface area contributed by atoms with E-state index in [0.717, 1.165) is 5.56 Å². The lowest BCUT2D eigenvalue weighted by Crippen LogP contribution is -2.20. The molecule has 5 heteroatoms. The third-order valence-corrected chi connectivity index (χ3v) is 3.46. The molecule has 0 unspecified atom stereocenters. The molecule has 0 aromatic heterocycles. The van der Waals surface area contributed by atoms with Crippen LogP contribution in [0.25, 0.3) is 0 Å². The molecule has 0 atom stereocenters. The van der Waals surface area contributed by atoms with E-state index in [1.165, 1.54) is 0 Å². The second kappa shape index (κ2) is 5.44. The number of aryl methyl sites for hydroxylation is 1. The van der Waals surface area contributed by atoms with E-state index in [9.17, 15) is 14.4 Å². The van der Waals surface area contributed by atoms with E-state index < -0.39 is 11.8 Å². The molecular weight excluding hydrogens is 282 g/mol. The Bertz CT molecular complexity index is 778. The molecule has 1 heterocycles. The average Bonchev–Trinajstić information content (AvgIpc) is 2.81. The first-order valence-electron chi connectivity index (χ1n) is 6.77. The van der Waals surface area contributed by atoms with Crippen molar-refractivity contribution < 1.29 is 19.1 Å². The van der Waals surface area contributed by atoms with Gasteiger partial charge in [-0.1, -0.05) is 35.9 Å². The van der Waals surface area contributed by atoms with Gasteiger partial charge in [-0.15, -0.1) is 0 Å². The van der Waals surface area contributed by atoms with Crippen LogP contribution in [0.5, 0.6) is 5.75 Å². The number of hydrogen-bond donors (Lipinski definition) is 1. The fourth-order valence-corrected chi connectivity index (χ4v) is 2.27. The van der Waals surface area contributed by atoms with Crippen molar-refractivity contribution >= 4 is 17.6 Å². The van der Waals surface area contributed by atoms with Crippen molar-refractivity contribution in [3.63, 3.8) is 0 Å². The number of fused-ring (bicyclic) bond motifs is 1. The highest BCUT2D eigenvalue weighted by molar-refractivity contribution is 6.22. The van der Waals surface area contributed by atoms with Crippen molar-refractivity contribution in [3.8, 4) is 5.75 Å². The number of amides is 2. The van der Waals surface area contributed by atoms with Crippen molar-refractivity contribution in [2.24, 2.45) is 0 Å². The van der Waals surface area contributed by atoms with Crippen LogP contribution in [0.15, 0.2) is 42.5 Å². The Kier molecular flexibility index (Phi) is 3.47. The van der Waals surface area contributed by atoms with Crippen molar-refractivity contribution in [2.75, 3.05) is 6.61 Å². The summed E-state index contributed by atoms with van der Waals surface area (Å²) in [5.41, 5.74) is 2.06. The summed E-state index contributed by atoms with van der Waals surface area (Å²) >= 11 is 0.